The highest BCUT2D eigenvalue weighted by molar-refractivity contribution is 7.92. The van der Waals surface area contributed by atoms with Crippen LogP contribution in [0.5, 0.6) is 0 Å². The van der Waals surface area contributed by atoms with Gasteiger partial charge in [-0.25, -0.2) is 12.8 Å². The maximum Gasteiger partial charge on any atom is 0.307 e. The van der Waals surface area contributed by atoms with Crippen molar-refractivity contribution in [1.29, 1.82) is 0 Å². The molecule has 0 amide bonds. The normalized spacial score (nSPS) is 16.9. The Hall–Kier alpha value is -3.60. The fraction of sp³-hybridized carbons (Fsp3) is 0.333. The molecule has 0 radical (unpaired) electrons. The molecule has 2 aromatic carbocycles. The number of aryl methyl sites for hydroxylation is 2. The largest absolute Gasteiger partial charge is 0.481 e. The number of carboxylic acids is 1. The molecule has 0 aliphatic carbocycles. The molecule has 9 nitrogen and oxygen atoms in total. The van der Waals surface area contributed by atoms with Gasteiger partial charge in [-0.1, -0.05) is 18.5 Å². The third-order valence-electron chi connectivity index (χ3n) is 6.05. The first kappa shape index (κ1) is 24.5. The second-order valence-electron chi connectivity index (χ2n) is 8.65. The Morgan fingerprint density at radius 1 is 1.14 bits per heavy atom. The van der Waals surface area contributed by atoms with Crippen LogP contribution in [-0.2, 0) is 21.4 Å². The first-order valence-electron chi connectivity index (χ1n) is 11.2. The average molecular weight is 503 g/mol. The van der Waals surface area contributed by atoms with Crippen molar-refractivity contribution in [3.63, 3.8) is 0 Å². The number of sulfonamides is 1. The van der Waals surface area contributed by atoms with Crippen molar-refractivity contribution < 1.29 is 27.2 Å². The standard InChI is InChI=1S/C24H27FN4O5S/c1-4-11-24(13-23(30)31)26-21-10-7-18(12-22(21)27-24)29(14-20-15(2)28-34-16(20)3)35(32,33)19-8-5-17(25)6-9-19/h5-10,12,26-27H,4,11,13-14H2,1-3H3,(H,30,31). The third kappa shape index (κ3) is 4.81. The van der Waals surface area contributed by atoms with Gasteiger partial charge in [-0.2, -0.15) is 0 Å². The lowest BCUT2D eigenvalue weighted by Gasteiger charge is -2.29. The Morgan fingerprint density at radius 3 is 2.43 bits per heavy atom. The number of nitrogens with one attached hydrogen (secondary N) is 2. The molecule has 1 aliphatic rings. The minimum Gasteiger partial charge on any atom is -0.481 e. The van der Waals surface area contributed by atoms with E-state index in [4.69, 9.17) is 4.52 Å². The quantitative estimate of drug-likeness (QED) is 0.387. The summed E-state index contributed by atoms with van der Waals surface area (Å²) in [7, 11) is -4.10. The number of benzene rings is 2. The van der Waals surface area contributed by atoms with Crippen LogP contribution in [-0.4, -0.2) is 30.3 Å². The molecule has 11 heteroatoms. The first-order chi connectivity index (χ1) is 16.5. The third-order valence-corrected chi connectivity index (χ3v) is 7.84. The molecule has 3 aromatic rings. The van der Waals surface area contributed by atoms with E-state index in [-0.39, 0.29) is 17.9 Å². The van der Waals surface area contributed by atoms with Crippen LogP contribution in [0, 0.1) is 19.7 Å². The lowest BCUT2D eigenvalue weighted by molar-refractivity contribution is -0.138. The van der Waals surface area contributed by atoms with Crippen molar-refractivity contribution >= 4 is 33.1 Å². The lowest BCUT2D eigenvalue weighted by atomic mass is 10.0. The molecule has 1 aliphatic heterocycles. The van der Waals surface area contributed by atoms with Crippen molar-refractivity contribution in [2.45, 2.75) is 57.1 Å². The summed E-state index contributed by atoms with van der Waals surface area (Å²) in [5.74, 6) is -1.00. The molecule has 4 rings (SSSR count). The summed E-state index contributed by atoms with van der Waals surface area (Å²) in [5.41, 5.74) is 1.93. The molecule has 0 saturated carbocycles. The lowest BCUT2D eigenvalue weighted by Crippen LogP contribution is -2.43. The molecule has 1 unspecified atom stereocenters. The molecule has 0 fully saturated rings. The van der Waals surface area contributed by atoms with Crippen LogP contribution in [0.3, 0.4) is 0 Å². The van der Waals surface area contributed by atoms with E-state index < -0.39 is 27.5 Å². The van der Waals surface area contributed by atoms with E-state index >= 15 is 0 Å². The van der Waals surface area contributed by atoms with Crippen LogP contribution < -0.4 is 14.9 Å². The minimum absolute atomic E-state index is 0.0533. The average Bonchev–Trinajstić information content (AvgIpc) is 3.30. The summed E-state index contributed by atoms with van der Waals surface area (Å²) < 4.78 is 47.4. The van der Waals surface area contributed by atoms with Crippen molar-refractivity contribution in [2.75, 3.05) is 14.9 Å². The van der Waals surface area contributed by atoms with Gasteiger partial charge in [0.05, 0.1) is 40.6 Å². The van der Waals surface area contributed by atoms with Crippen molar-refractivity contribution in [3.05, 3.63) is 65.3 Å². The van der Waals surface area contributed by atoms with Gasteiger partial charge >= 0.3 is 5.97 Å². The van der Waals surface area contributed by atoms with E-state index in [0.717, 1.165) is 18.6 Å². The molecule has 2 heterocycles. The van der Waals surface area contributed by atoms with E-state index in [1.165, 1.54) is 16.4 Å². The maximum atomic E-state index is 13.7. The molecular formula is C24H27FN4O5S. The number of rotatable bonds is 9. The van der Waals surface area contributed by atoms with Crippen LogP contribution in [0.4, 0.5) is 21.5 Å². The van der Waals surface area contributed by atoms with Gasteiger partial charge in [-0.15, -0.1) is 0 Å². The molecule has 0 bridgehead atoms. The monoisotopic (exact) mass is 502 g/mol. The summed E-state index contributed by atoms with van der Waals surface area (Å²) in [5, 5.41) is 19.9. The molecule has 1 atom stereocenters. The molecular weight excluding hydrogens is 475 g/mol. The summed E-state index contributed by atoms with van der Waals surface area (Å²) in [6.45, 7) is 5.34. The highest BCUT2D eigenvalue weighted by Gasteiger charge is 2.38. The number of anilines is 3. The summed E-state index contributed by atoms with van der Waals surface area (Å²) in [6, 6.07) is 9.67. The van der Waals surface area contributed by atoms with Gasteiger partial charge < -0.3 is 20.3 Å². The van der Waals surface area contributed by atoms with Gasteiger partial charge in [0.15, 0.2) is 0 Å². The van der Waals surface area contributed by atoms with Crippen molar-refractivity contribution in [3.8, 4) is 0 Å². The predicted molar refractivity (Wildman–Crippen MR) is 129 cm³/mol. The second kappa shape index (κ2) is 9.21. The predicted octanol–water partition coefficient (Wildman–Crippen LogP) is 4.63. The van der Waals surface area contributed by atoms with Gasteiger partial charge in [-0.05, 0) is 62.7 Å². The number of carbonyl (C=O) groups is 1. The van der Waals surface area contributed by atoms with Crippen LogP contribution in [0.1, 0.15) is 43.2 Å². The molecule has 0 spiro atoms. The zero-order valence-electron chi connectivity index (χ0n) is 19.6. The Balaban J connectivity index is 1.77. The van der Waals surface area contributed by atoms with Gasteiger partial charge in [0.1, 0.15) is 17.2 Å². The molecule has 35 heavy (non-hydrogen) atoms. The van der Waals surface area contributed by atoms with Crippen LogP contribution in [0.2, 0.25) is 0 Å². The highest BCUT2D eigenvalue weighted by atomic mass is 32.2. The van der Waals surface area contributed by atoms with E-state index in [1.54, 1.807) is 32.0 Å². The smallest absolute Gasteiger partial charge is 0.307 e. The Kier molecular flexibility index (Phi) is 6.46. The number of fused-ring (bicyclic) bond motifs is 1. The SMILES string of the molecule is CCCC1(CC(=O)O)Nc2ccc(N(Cc3c(C)noc3C)S(=O)(=O)c3ccc(F)cc3)cc2N1. The Labute approximate surface area is 203 Å². The fourth-order valence-electron chi connectivity index (χ4n) is 4.35. The minimum atomic E-state index is -4.10. The van der Waals surface area contributed by atoms with Gasteiger partial charge in [0.25, 0.3) is 10.0 Å². The first-order valence-corrected chi connectivity index (χ1v) is 12.6. The number of nitrogens with zero attached hydrogens (tertiary/aromatic N) is 2. The van der Waals surface area contributed by atoms with Crippen LogP contribution >= 0.6 is 0 Å². The number of hydrogen-bond acceptors (Lipinski definition) is 7. The number of carboxylic acid groups (broad SMARTS) is 1. The van der Waals surface area contributed by atoms with E-state index in [0.29, 0.717) is 40.5 Å². The highest BCUT2D eigenvalue weighted by Crippen LogP contribution is 2.41. The maximum absolute atomic E-state index is 13.7. The topological polar surface area (TPSA) is 125 Å². The summed E-state index contributed by atoms with van der Waals surface area (Å²) in [6.07, 6.45) is 1.15. The zero-order valence-corrected chi connectivity index (χ0v) is 20.4. The molecule has 0 saturated heterocycles. The number of aliphatic carboxylic acids is 1. The number of hydrogen-bond donors (Lipinski definition) is 3. The van der Waals surface area contributed by atoms with Gasteiger partial charge in [0.2, 0.25) is 0 Å². The Bertz CT molecular complexity index is 1340. The van der Waals surface area contributed by atoms with Crippen LogP contribution in [0.15, 0.2) is 51.9 Å². The number of aromatic nitrogens is 1. The van der Waals surface area contributed by atoms with Crippen molar-refractivity contribution in [1.82, 2.24) is 5.16 Å². The number of halogens is 1. The summed E-state index contributed by atoms with van der Waals surface area (Å²) in [4.78, 5) is 11.4. The van der Waals surface area contributed by atoms with Gasteiger partial charge in [0, 0.05) is 5.56 Å². The van der Waals surface area contributed by atoms with Crippen LogP contribution in [0.25, 0.3) is 0 Å². The van der Waals surface area contributed by atoms with E-state index in [1.807, 2.05) is 6.92 Å². The van der Waals surface area contributed by atoms with E-state index in [2.05, 4.69) is 15.8 Å². The van der Waals surface area contributed by atoms with Crippen molar-refractivity contribution in [2.24, 2.45) is 0 Å². The Morgan fingerprint density at radius 2 is 1.83 bits per heavy atom. The van der Waals surface area contributed by atoms with E-state index in [9.17, 15) is 22.7 Å². The summed E-state index contributed by atoms with van der Waals surface area (Å²) >= 11 is 0. The second-order valence-corrected chi connectivity index (χ2v) is 10.5. The fourth-order valence-corrected chi connectivity index (χ4v) is 5.78. The molecule has 1 aromatic heterocycles. The molecule has 3 N–H and O–H groups in total. The molecule has 186 valence electrons. The zero-order chi connectivity index (χ0) is 25.4. The van der Waals surface area contributed by atoms with Gasteiger partial charge in [-0.3, -0.25) is 9.10 Å².